The van der Waals surface area contributed by atoms with Crippen molar-refractivity contribution >= 4 is 29.0 Å². The average Bonchev–Trinajstić information content (AvgIpc) is 2.42. The Kier molecular flexibility index (Phi) is 4.20. The van der Waals surface area contributed by atoms with Crippen LogP contribution in [0, 0.1) is 5.82 Å². The minimum absolute atomic E-state index is 0.103. The van der Waals surface area contributed by atoms with Crippen LogP contribution in [0.5, 0.6) is 0 Å². The quantitative estimate of drug-likeness (QED) is 0.945. The number of aromatic nitrogens is 1. The summed E-state index contributed by atoms with van der Waals surface area (Å²) in [6, 6.07) is 7.28. The van der Waals surface area contributed by atoms with Crippen molar-refractivity contribution in [3.8, 4) is 0 Å². The van der Waals surface area contributed by atoms with Crippen LogP contribution in [0.2, 0.25) is 5.02 Å². The molecule has 0 radical (unpaired) electrons. The summed E-state index contributed by atoms with van der Waals surface area (Å²) in [6.45, 7) is 0. The van der Waals surface area contributed by atoms with Crippen molar-refractivity contribution in [1.82, 2.24) is 4.98 Å². The first-order valence-electron chi connectivity index (χ1n) is 5.87. The van der Waals surface area contributed by atoms with E-state index in [0.717, 1.165) is 11.9 Å². The van der Waals surface area contributed by atoms with Gasteiger partial charge in [0.15, 0.2) is 0 Å². The summed E-state index contributed by atoms with van der Waals surface area (Å²) < 4.78 is 13.6. The van der Waals surface area contributed by atoms with E-state index in [0.29, 0.717) is 10.7 Å². The van der Waals surface area contributed by atoms with Gasteiger partial charge in [-0.15, -0.1) is 0 Å². The molecule has 1 aromatic carbocycles. The molecule has 1 N–H and O–H groups in total. The molecular formula is C14H13ClFN3O. The normalized spacial score (nSPS) is 10.2. The first-order valence-corrected chi connectivity index (χ1v) is 6.25. The molecule has 0 saturated carbocycles. The van der Waals surface area contributed by atoms with E-state index in [-0.39, 0.29) is 5.56 Å². The number of hydrogen-bond acceptors (Lipinski definition) is 3. The lowest BCUT2D eigenvalue weighted by Crippen LogP contribution is -2.15. The standard InChI is InChI=1S/C14H13ClFN3O/c1-19(2)13-6-4-10(8-17-13)18-14(20)11-7-9(15)3-5-12(11)16/h3-8H,1-2H3,(H,18,20). The van der Waals surface area contributed by atoms with Gasteiger partial charge in [0, 0.05) is 19.1 Å². The lowest BCUT2D eigenvalue weighted by Gasteiger charge is -2.11. The molecule has 2 aromatic rings. The largest absolute Gasteiger partial charge is 0.363 e. The maximum Gasteiger partial charge on any atom is 0.258 e. The molecule has 104 valence electrons. The predicted molar refractivity (Wildman–Crippen MR) is 77.9 cm³/mol. The number of amides is 1. The van der Waals surface area contributed by atoms with Crippen LogP contribution >= 0.6 is 11.6 Å². The van der Waals surface area contributed by atoms with E-state index in [1.54, 1.807) is 12.1 Å². The Labute approximate surface area is 121 Å². The van der Waals surface area contributed by atoms with Crippen LogP contribution in [0.25, 0.3) is 0 Å². The Morgan fingerprint density at radius 1 is 1.30 bits per heavy atom. The molecule has 6 heteroatoms. The number of carbonyl (C=O) groups is 1. The fourth-order valence-electron chi connectivity index (χ4n) is 1.59. The number of benzene rings is 1. The number of nitrogens with one attached hydrogen (secondary N) is 1. The highest BCUT2D eigenvalue weighted by Gasteiger charge is 2.12. The third-order valence-electron chi connectivity index (χ3n) is 2.64. The maximum absolute atomic E-state index is 13.6. The van der Waals surface area contributed by atoms with E-state index < -0.39 is 11.7 Å². The van der Waals surface area contributed by atoms with Gasteiger partial charge in [-0.2, -0.15) is 0 Å². The summed E-state index contributed by atoms with van der Waals surface area (Å²) in [4.78, 5) is 17.9. The summed E-state index contributed by atoms with van der Waals surface area (Å²) in [5.41, 5.74) is 0.383. The van der Waals surface area contributed by atoms with Crippen molar-refractivity contribution in [2.45, 2.75) is 0 Å². The minimum Gasteiger partial charge on any atom is -0.363 e. The number of carbonyl (C=O) groups excluding carboxylic acids is 1. The zero-order valence-corrected chi connectivity index (χ0v) is 11.8. The number of anilines is 2. The number of rotatable bonds is 3. The fraction of sp³-hybridized carbons (Fsp3) is 0.143. The van der Waals surface area contributed by atoms with Crippen molar-refractivity contribution in [1.29, 1.82) is 0 Å². The SMILES string of the molecule is CN(C)c1ccc(NC(=O)c2cc(Cl)ccc2F)cn1. The monoisotopic (exact) mass is 293 g/mol. The Morgan fingerprint density at radius 3 is 2.65 bits per heavy atom. The van der Waals surface area contributed by atoms with E-state index in [9.17, 15) is 9.18 Å². The zero-order chi connectivity index (χ0) is 14.7. The van der Waals surface area contributed by atoms with Gasteiger partial charge >= 0.3 is 0 Å². The predicted octanol–water partition coefficient (Wildman–Crippen LogP) is 3.19. The summed E-state index contributed by atoms with van der Waals surface area (Å²) in [5.74, 6) is -0.425. The number of hydrogen-bond donors (Lipinski definition) is 1. The molecule has 0 aliphatic heterocycles. The van der Waals surface area contributed by atoms with Crippen LogP contribution < -0.4 is 10.2 Å². The summed E-state index contributed by atoms with van der Waals surface area (Å²) in [7, 11) is 3.73. The van der Waals surface area contributed by atoms with E-state index >= 15 is 0 Å². The van der Waals surface area contributed by atoms with Crippen molar-refractivity contribution in [3.63, 3.8) is 0 Å². The lowest BCUT2D eigenvalue weighted by molar-refractivity contribution is 0.102. The maximum atomic E-state index is 13.6. The van der Waals surface area contributed by atoms with Gasteiger partial charge < -0.3 is 10.2 Å². The molecule has 0 fully saturated rings. The lowest BCUT2D eigenvalue weighted by atomic mass is 10.2. The molecule has 0 saturated heterocycles. The molecule has 1 heterocycles. The van der Waals surface area contributed by atoms with Gasteiger partial charge in [-0.05, 0) is 30.3 Å². The van der Waals surface area contributed by atoms with Crippen LogP contribution in [-0.2, 0) is 0 Å². The van der Waals surface area contributed by atoms with Crippen molar-refractivity contribution in [2.24, 2.45) is 0 Å². The van der Waals surface area contributed by atoms with Gasteiger partial charge in [0.1, 0.15) is 11.6 Å². The highest BCUT2D eigenvalue weighted by Crippen LogP contribution is 2.17. The average molecular weight is 294 g/mol. The van der Waals surface area contributed by atoms with Crippen LogP contribution in [0.15, 0.2) is 36.5 Å². The summed E-state index contributed by atoms with van der Waals surface area (Å²) in [6.07, 6.45) is 1.51. The van der Waals surface area contributed by atoms with Crippen LogP contribution in [0.3, 0.4) is 0 Å². The van der Waals surface area contributed by atoms with Gasteiger partial charge in [0.05, 0.1) is 17.4 Å². The zero-order valence-electron chi connectivity index (χ0n) is 11.0. The fourth-order valence-corrected chi connectivity index (χ4v) is 1.77. The van der Waals surface area contributed by atoms with E-state index in [4.69, 9.17) is 11.6 Å². The molecule has 2 rings (SSSR count). The second-order valence-electron chi connectivity index (χ2n) is 4.38. The smallest absolute Gasteiger partial charge is 0.258 e. The molecule has 20 heavy (non-hydrogen) atoms. The summed E-state index contributed by atoms with van der Waals surface area (Å²) >= 11 is 5.75. The summed E-state index contributed by atoms with van der Waals surface area (Å²) in [5, 5.41) is 2.88. The van der Waals surface area contributed by atoms with Crippen molar-refractivity contribution in [3.05, 3.63) is 52.9 Å². The Bertz CT molecular complexity index is 629. The number of halogens is 2. The van der Waals surface area contributed by atoms with E-state index in [1.807, 2.05) is 19.0 Å². The Balaban J connectivity index is 2.17. The second-order valence-corrected chi connectivity index (χ2v) is 4.81. The first kappa shape index (κ1) is 14.3. The van der Waals surface area contributed by atoms with Gasteiger partial charge in [-0.1, -0.05) is 11.6 Å². The molecule has 0 bridgehead atoms. The van der Waals surface area contributed by atoms with Crippen molar-refractivity contribution in [2.75, 3.05) is 24.3 Å². The Morgan fingerprint density at radius 2 is 2.05 bits per heavy atom. The molecule has 1 aromatic heterocycles. The van der Waals surface area contributed by atoms with Crippen molar-refractivity contribution < 1.29 is 9.18 Å². The molecule has 0 atom stereocenters. The third kappa shape index (κ3) is 3.24. The molecule has 0 aliphatic rings. The van der Waals surface area contributed by atoms with Crippen LogP contribution in [0.4, 0.5) is 15.9 Å². The highest BCUT2D eigenvalue weighted by atomic mass is 35.5. The molecule has 0 spiro atoms. The van der Waals surface area contributed by atoms with Gasteiger partial charge in [0.2, 0.25) is 0 Å². The Hall–Kier alpha value is -2.14. The van der Waals surface area contributed by atoms with Gasteiger partial charge in [-0.3, -0.25) is 4.79 Å². The molecule has 0 unspecified atom stereocenters. The van der Waals surface area contributed by atoms with Gasteiger partial charge in [0.25, 0.3) is 5.91 Å². The topological polar surface area (TPSA) is 45.2 Å². The molecular weight excluding hydrogens is 281 g/mol. The third-order valence-corrected chi connectivity index (χ3v) is 2.87. The van der Waals surface area contributed by atoms with E-state index in [2.05, 4.69) is 10.3 Å². The van der Waals surface area contributed by atoms with Crippen LogP contribution in [-0.4, -0.2) is 25.0 Å². The number of nitrogens with zero attached hydrogens (tertiary/aromatic N) is 2. The molecule has 4 nitrogen and oxygen atoms in total. The van der Waals surface area contributed by atoms with Crippen LogP contribution in [0.1, 0.15) is 10.4 Å². The molecule has 0 aliphatic carbocycles. The first-order chi connectivity index (χ1) is 9.47. The highest BCUT2D eigenvalue weighted by molar-refractivity contribution is 6.31. The second kappa shape index (κ2) is 5.88. The van der Waals surface area contributed by atoms with E-state index in [1.165, 1.54) is 18.3 Å². The molecule has 1 amide bonds. The van der Waals surface area contributed by atoms with Gasteiger partial charge in [-0.25, -0.2) is 9.37 Å². The number of pyridine rings is 1. The minimum atomic E-state index is -0.621.